The lowest BCUT2D eigenvalue weighted by atomic mass is 9.92. The van der Waals surface area contributed by atoms with E-state index in [0.717, 1.165) is 12.1 Å². The minimum atomic E-state index is 0.447. The molecule has 2 heteroatoms. The van der Waals surface area contributed by atoms with E-state index in [0.29, 0.717) is 11.8 Å². The van der Waals surface area contributed by atoms with Crippen LogP contribution >= 0.6 is 12.2 Å². The van der Waals surface area contributed by atoms with Crippen LogP contribution in [0.2, 0.25) is 0 Å². The number of hydrogen-bond donors (Lipinski definition) is 1. The Kier molecular flexibility index (Phi) is 6.74. The Labute approximate surface area is 151 Å². The van der Waals surface area contributed by atoms with Crippen molar-refractivity contribution >= 4 is 35.0 Å². The van der Waals surface area contributed by atoms with E-state index in [-0.39, 0.29) is 0 Å². The Morgan fingerprint density at radius 2 is 1.75 bits per heavy atom. The van der Waals surface area contributed by atoms with Crippen LogP contribution in [0.15, 0.2) is 48.5 Å². The second-order valence-corrected chi connectivity index (χ2v) is 7.14. The average molecular weight is 338 g/mol. The maximum Gasteiger partial charge on any atom is 0.0659 e. The van der Waals surface area contributed by atoms with Gasteiger partial charge in [0.25, 0.3) is 0 Å². The Morgan fingerprint density at radius 3 is 2.33 bits per heavy atom. The molecule has 0 radical (unpaired) electrons. The molecule has 24 heavy (non-hydrogen) atoms. The lowest BCUT2D eigenvalue weighted by molar-refractivity contribution is 0.647. The number of benzene rings is 2. The van der Waals surface area contributed by atoms with Crippen molar-refractivity contribution in [3.8, 4) is 0 Å². The molecule has 1 N–H and O–H groups in total. The van der Waals surface area contributed by atoms with Crippen LogP contribution < -0.4 is 5.32 Å². The summed E-state index contributed by atoms with van der Waals surface area (Å²) in [7, 11) is 0. The third kappa shape index (κ3) is 5.04. The van der Waals surface area contributed by atoms with Gasteiger partial charge >= 0.3 is 0 Å². The van der Waals surface area contributed by atoms with E-state index in [1.54, 1.807) is 5.49 Å². The first-order valence-electron chi connectivity index (χ1n) is 8.61. The van der Waals surface area contributed by atoms with Gasteiger partial charge in [0.15, 0.2) is 0 Å². The van der Waals surface area contributed by atoms with Gasteiger partial charge in [0, 0.05) is 5.69 Å². The molecule has 0 fully saturated rings. The summed E-state index contributed by atoms with van der Waals surface area (Å²) in [6.07, 6.45) is 3.35. The molecule has 1 nitrogen and oxygen atoms in total. The van der Waals surface area contributed by atoms with Crippen LogP contribution in [0, 0.1) is 11.8 Å². The van der Waals surface area contributed by atoms with Crippen molar-refractivity contribution in [2.75, 3.05) is 5.32 Å². The number of thiocarbonyl (C=S) groups is 1. The number of anilines is 1. The molecule has 2 aromatic carbocycles. The molecule has 0 bridgehead atoms. The van der Waals surface area contributed by atoms with E-state index < -0.39 is 0 Å². The van der Waals surface area contributed by atoms with Crippen LogP contribution in [0.3, 0.4) is 0 Å². The average Bonchev–Trinajstić information content (AvgIpc) is 2.54. The minimum absolute atomic E-state index is 0.447. The third-order valence-corrected chi connectivity index (χ3v) is 4.13. The summed E-state index contributed by atoms with van der Waals surface area (Å²) in [6.45, 7) is 8.95. The highest BCUT2D eigenvalue weighted by Crippen LogP contribution is 2.29. The van der Waals surface area contributed by atoms with Gasteiger partial charge < -0.3 is 5.32 Å². The first-order valence-corrected chi connectivity index (χ1v) is 9.08. The van der Waals surface area contributed by atoms with Gasteiger partial charge in [-0.15, -0.1) is 0 Å². The van der Waals surface area contributed by atoms with E-state index in [2.05, 4.69) is 87.6 Å². The van der Waals surface area contributed by atoms with E-state index in [9.17, 15) is 0 Å². The number of hydrogen-bond acceptors (Lipinski definition) is 1. The van der Waals surface area contributed by atoms with Gasteiger partial charge in [0.1, 0.15) is 0 Å². The summed E-state index contributed by atoms with van der Waals surface area (Å²) in [5.41, 5.74) is 7.79. The molecule has 0 aliphatic carbocycles. The Hall–Kier alpha value is -1.93. The van der Waals surface area contributed by atoms with Crippen LogP contribution in [0.4, 0.5) is 5.69 Å². The van der Waals surface area contributed by atoms with Crippen molar-refractivity contribution in [2.24, 2.45) is 11.8 Å². The fourth-order valence-electron chi connectivity index (χ4n) is 2.90. The topological polar surface area (TPSA) is 12.0 Å². The van der Waals surface area contributed by atoms with Gasteiger partial charge in [-0.1, -0.05) is 82.4 Å². The molecule has 2 aromatic rings. The van der Waals surface area contributed by atoms with Gasteiger partial charge in [-0.25, -0.2) is 0 Å². The SMILES string of the molecule is CC(C)Cc1ccc(/C=C(/c2ccccc2)C(C)C)c(NC=S)c1. The predicted octanol–water partition coefficient (Wildman–Crippen LogP) is 6.45. The molecule has 0 saturated heterocycles. The van der Waals surface area contributed by atoms with E-state index in [1.165, 1.54) is 22.3 Å². The van der Waals surface area contributed by atoms with Gasteiger partial charge in [-0.05, 0) is 52.7 Å². The summed E-state index contributed by atoms with van der Waals surface area (Å²) in [4.78, 5) is 0. The first kappa shape index (κ1) is 18.4. The van der Waals surface area contributed by atoms with Crippen LogP contribution in [0.5, 0.6) is 0 Å². The van der Waals surface area contributed by atoms with Crippen molar-refractivity contribution in [3.63, 3.8) is 0 Å². The van der Waals surface area contributed by atoms with Gasteiger partial charge in [0.2, 0.25) is 0 Å². The third-order valence-electron chi connectivity index (χ3n) is 4.02. The standard InChI is InChI=1S/C22H27NS/c1-16(2)12-18-10-11-20(22(13-18)23-15-24)14-21(17(3)4)19-8-6-5-7-9-19/h5-11,13-17H,12H2,1-4H3,(H,23,24)/b21-14+. The molecule has 0 amide bonds. The molecular weight excluding hydrogens is 310 g/mol. The van der Waals surface area contributed by atoms with Crippen molar-refractivity contribution < 1.29 is 0 Å². The van der Waals surface area contributed by atoms with Crippen molar-refractivity contribution in [3.05, 3.63) is 65.2 Å². The van der Waals surface area contributed by atoms with Crippen LogP contribution in [0.1, 0.15) is 44.4 Å². The van der Waals surface area contributed by atoms with E-state index in [1.807, 2.05) is 0 Å². The van der Waals surface area contributed by atoms with Gasteiger partial charge in [0.05, 0.1) is 5.49 Å². The highest BCUT2D eigenvalue weighted by atomic mass is 32.1. The van der Waals surface area contributed by atoms with Crippen LogP contribution in [-0.4, -0.2) is 5.49 Å². The highest BCUT2D eigenvalue weighted by molar-refractivity contribution is 7.79. The molecule has 0 saturated carbocycles. The Bertz CT molecular complexity index is 699. The molecule has 0 atom stereocenters. The predicted molar refractivity (Wildman–Crippen MR) is 111 cm³/mol. The summed E-state index contributed by atoms with van der Waals surface area (Å²) >= 11 is 5.03. The zero-order valence-electron chi connectivity index (χ0n) is 15.0. The molecule has 0 aliphatic rings. The van der Waals surface area contributed by atoms with Crippen LogP contribution in [-0.2, 0) is 6.42 Å². The fraction of sp³-hybridized carbons (Fsp3) is 0.318. The molecule has 0 unspecified atom stereocenters. The molecule has 2 rings (SSSR count). The summed E-state index contributed by atoms with van der Waals surface area (Å²) in [5, 5.41) is 3.23. The van der Waals surface area contributed by atoms with Gasteiger partial charge in [-0.2, -0.15) is 0 Å². The van der Waals surface area contributed by atoms with Crippen molar-refractivity contribution in [1.82, 2.24) is 0 Å². The maximum absolute atomic E-state index is 5.03. The molecular formula is C22H27NS. The molecule has 0 aromatic heterocycles. The molecule has 0 aliphatic heterocycles. The van der Waals surface area contributed by atoms with Crippen molar-refractivity contribution in [2.45, 2.75) is 34.1 Å². The largest absolute Gasteiger partial charge is 0.352 e. The zero-order valence-corrected chi connectivity index (χ0v) is 15.9. The number of nitrogens with one attached hydrogen (secondary N) is 1. The molecule has 0 spiro atoms. The minimum Gasteiger partial charge on any atom is -0.352 e. The molecule has 0 heterocycles. The summed E-state index contributed by atoms with van der Waals surface area (Å²) in [5.74, 6) is 1.09. The van der Waals surface area contributed by atoms with E-state index in [4.69, 9.17) is 12.2 Å². The lowest BCUT2D eigenvalue weighted by Gasteiger charge is -2.15. The summed E-state index contributed by atoms with van der Waals surface area (Å²) < 4.78 is 0. The van der Waals surface area contributed by atoms with Crippen molar-refractivity contribution in [1.29, 1.82) is 0 Å². The molecule has 126 valence electrons. The van der Waals surface area contributed by atoms with Gasteiger partial charge in [-0.3, -0.25) is 0 Å². The Balaban J connectivity index is 2.46. The maximum atomic E-state index is 5.03. The lowest BCUT2D eigenvalue weighted by Crippen LogP contribution is -2.00. The highest BCUT2D eigenvalue weighted by Gasteiger charge is 2.09. The smallest absolute Gasteiger partial charge is 0.0659 e. The normalized spacial score (nSPS) is 11.8. The number of rotatable bonds is 7. The van der Waals surface area contributed by atoms with E-state index >= 15 is 0 Å². The quantitative estimate of drug-likeness (QED) is 0.460. The second kappa shape index (κ2) is 8.79. The zero-order chi connectivity index (χ0) is 17.5. The fourth-order valence-corrected chi connectivity index (χ4v) is 3.02. The van der Waals surface area contributed by atoms with Crippen LogP contribution in [0.25, 0.3) is 11.6 Å². The monoisotopic (exact) mass is 337 g/mol. The Morgan fingerprint density at radius 1 is 1.04 bits per heavy atom. The summed E-state index contributed by atoms with van der Waals surface area (Å²) in [6, 6.07) is 17.2. The number of allylic oxidation sites excluding steroid dienone is 1. The second-order valence-electron chi connectivity index (χ2n) is 6.90. The first-order chi connectivity index (χ1) is 11.5.